The number of anilines is 1. The first-order chi connectivity index (χ1) is 11.2. The summed E-state index contributed by atoms with van der Waals surface area (Å²) in [7, 11) is 0. The number of ether oxygens (including phenoxy) is 1. The van der Waals surface area contributed by atoms with Gasteiger partial charge in [-0.2, -0.15) is 9.78 Å². The molecule has 0 aliphatic heterocycles. The summed E-state index contributed by atoms with van der Waals surface area (Å²) in [5, 5.41) is 7.46. The Morgan fingerprint density at radius 3 is 2.70 bits per heavy atom. The van der Waals surface area contributed by atoms with Gasteiger partial charge in [0.25, 0.3) is 5.56 Å². The Morgan fingerprint density at radius 1 is 1.22 bits per heavy atom. The zero-order valence-corrected chi connectivity index (χ0v) is 14.1. The second kappa shape index (κ2) is 9.33. The molecule has 1 N–H and O–H groups in total. The standard InChI is InChI=1S/C17H22ClN3O2/c1-2-3-11-23-12-7-10-19-15-13-20-21(17(22)16(15)18)14-8-5-4-6-9-14/h4-6,8-9,13,19H,2-3,7,10-12H2,1H3. The van der Waals surface area contributed by atoms with Crippen LogP contribution in [-0.2, 0) is 4.74 Å². The summed E-state index contributed by atoms with van der Waals surface area (Å²) in [6, 6.07) is 9.20. The Hall–Kier alpha value is -1.85. The zero-order valence-electron chi connectivity index (χ0n) is 13.3. The quantitative estimate of drug-likeness (QED) is 0.712. The van der Waals surface area contributed by atoms with E-state index in [-0.39, 0.29) is 10.6 Å². The first kappa shape index (κ1) is 17.5. The molecule has 0 aliphatic rings. The number of unbranched alkanes of at least 4 members (excludes halogenated alkanes) is 1. The molecule has 124 valence electrons. The molecule has 0 fully saturated rings. The van der Waals surface area contributed by atoms with Gasteiger partial charge in [0, 0.05) is 19.8 Å². The molecule has 1 aromatic heterocycles. The van der Waals surface area contributed by atoms with E-state index in [2.05, 4.69) is 17.3 Å². The minimum absolute atomic E-state index is 0.149. The Morgan fingerprint density at radius 2 is 1.96 bits per heavy atom. The normalized spacial score (nSPS) is 10.7. The molecule has 0 spiro atoms. The fourth-order valence-corrected chi connectivity index (χ4v) is 2.25. The highest BCUT2D eigenvalue weighted by Crippen LogP contribution is 2.16. The number of nitrogens with zero attached hydrogens (tertiary/aromatic N) is 2. The summed E-state index contributed by atoms with van der Waals surface area (Å²) in [5.41, 5.74) is 0.912. The molecule has 0 unspecified atom stereocenters. The summed E-state index contributed by atoms with van der Waals surface area (Å²) in [4.78, 5) is 12.3. The van der Waals surface area contributed by atoms with Gasteiger partial charge in [-0.15, -0.1) is 0 Å². The summed E-state index contributed by atoms with van der Waals surface area (Å²) in [6.07, 6.45) is 4.65. The molecule has 1 aromatic carbocycles. The third-order valence-electron chi connectivity index (χ3n) is 3.34. The average Bonchev–Trinajstić information content (AvgIpc) is 2.58. The lowest BCUT2D eigenvalue weighted by Crippen LogP contribution is -2.23. The van der Waals surface area contributed by atoms with Gasteiger partial charge < -0.3 is 10.1 Å². The van der Waals surface area contributed by atoms with Gasteiger partial charge in [-0.25, -0.2) is 0 Å². The molecule has 2 aromatic rings. The van der Waals surface area contributed by atoms with Crippen LogP contribution in [0.5, 0.6) is 0 Å². The molecule has 0 aliphatic carbocycles. The minimum atomic E-state index is -0.331. The molecule has 2 rings (SSSR count). The molecule has 0 atom stereocenters. The van der Waals surface area contributed by atoms with Gasteiger partial charge in [0.1, 0.15) is 5.02 Å². The Balaban J connectivity index is 1.92. The van der Waals surface area contributed by atoms with Gasteiger partial charge in [-0.1, -0.05) is 43.1 Å². The highest BCUT2D eigenvalue weighted by atomic mass is 35.5. The van der Waals surface area contributed by atoms with Crippen molar-refractivity contribution in [1.82, 2.24) is 9.78 Å². The maximum Gasteiger partial charge on any atom is 0.292 e. The van der Waals surface area contributed by atoms with Crippen LogP contribution in [0.4, 0.5) is 5.69 Å². The average molecular weight is 336 g/mol. The lowest BCUT2D eigenvalue weighted by molar-refractivity contribution is 0.131. The van der Waals surface area contributed by atoms with Crippen molar-refractivity contribution in [2.75, 3.05) is 25.1 Å². The van der Waals surface area contributed by atoms with Crippen LogP contribution in [0.2, 0.25) is 5.02 Å². The number of halogens is 1. The van der Waals surface area contributed by atoms with Crippen LogP contribution in [0.15, 0.2) is 41.3 Å². The smallest absolute Gasteiger partial charge is 0.292 e. The SMILES string of the molecule is CCCCOCCCNc1cnn(-c2ccccc2)c(=O)c1Cl. The van der Waals surface area contributed by atoms with Gasteiger partial charge in [0.15, 0.2) is 0 Å². The number of nitrogens with one attached hydrogen (secondary N) is 1. The third-order valence-corrected chi connectivity index (χ3v) is 3.71. The van der Waals surface area contributed by atoms with Crippen molar-refractivity contribution in [3.05, 3.63) is 51.9 Å². The van der Waals surface area contributed by atoms with Crippen LogP contribution >= 0.6 is 11.6 Å². The highest BCUT2D eigenvalue weighted by Gasteiger charge is 2.09. The van der Waals surface area contributed by atoms with Crippen LogP contribution in [0.1, 0.15) is 26.2 Å². The van der Waals surface area contributed by atoms with E-state index in [9.17, 15) is 4.79 Å². The molecule has 23 heavy (non-hydrogen) atoms. The molecule has 0 radical (unpaired) electrons. The molecular formula is C17H22ClN3O2. The van der Waals surface area contributed by atoms with Gasteiger partial charge in [0.05, 0.1) is 17.6 Å². The molecule has 0 amide bonds. The van der Waals surface area contributed by atoms with E-state index in [1.54, 1.807) is 6.20 Å². The van der Waals surface area contributed by atoms with E-state index < -0.39 is 0 Å². The largest absolute Gasteiger partial charge is 0.382 e. The number of rotatable bonds is 9. The Bertz CT molecular complexity index is 659. The maximum atomic E-state index is 12.3. The van der Waals surface area contributed by atoms with E-state index in [4.69, 9.17) is 16.3 Å². The predicted octanol–water partition coefficient (Wildman–Crippen LogP) is 3.50. The fraction of sp³-hybridized carbons (Fsp3) is 0.412. The molecular weight excluding hydrogens is 314 g/mol. The van der Waals surface area contributed by atoms with E-state index in [1.807, 2.05) is 30.3 Å². The first-order valence-electron chi connectivity index (χ1n) is 7.89. The van der Waals surface area contributed by atoms with Gasteiger partial charge >= 0.3 is 0 Å². The fourth-order valence-electron chi connectivity index (χ4n) is 2.05. The van der Waals surface area contributed by atoms with Crippen molar-refractivity contribution in [1.29, 1.82) is 0 Å². The second-order valence-electron chi connectivity index (χ2n) is 5.17. The van der Waals surface area contributed by atoms with Crippen LogP contribution in [-0.4, -0.2) is 29.5 Å². The summed E-state index contributed by atoms with van der Waals surface area (Å²) in [5.74, 6) is 0. The topological polar surface area (TPSA) is 56.1 Å². The Kier molecular flexibility index (Phi) is 7.10. The van der Waals surface area contributed by atoms with E-state index in [0.29, 0.717) is 24.5 Å². The van der Waals surface area contributed by atoms with Crippen molar-refractivity contribution in [2.45, 2.75) is 26.2 Å². The monoisotopic (exact) mass is 335 g/mol. The first-order valence-corrected chi connectivity index (χ1v) is 8.26. The predicted molar refractivity (Wildman–Crippen MR) is 93.7 cm³/mol. The van der Waals surface area contributed by atoms with E-state index in [0.717, 1.165) is 25.9 Å². The van der Waals surface area contributed by atoms with Crippen molar-refractivity contribution in [3.8, 4) is 5.69 Å². The molecule has 6 heteroatoms. The third kappa shape index (κ3) is 5.08. The van der Waals surface area contributed by atoms with Crippen LogP contribution in [0.3, 0.4) is 0 Å². The summed E-state index contributed by atoms with van der Waals surface area (Å²) >= 11 is 6.16. The number of hydrogen-bond donors (Lipinski definition) is 1. The van der Waals surface area contributed by atoms with Crippen molar-refractivity contribution >= 4 is 17.3 Å². The molecule has 0 saturated heterocycles. The van der Waals surface area contributed by atoms with Gasteiger partial charge in [-0.3, -0.25) is 4.79 Å². The van der Waals surface area contributed by atoms with E-state index in [1.165, 1.54) is 4.68 Å². The van der Waals surface area contributed by atoms with Crippen molar-refractivity contribution in [2.24, 2.45) is 0 Å². The molecule has 5 nitrogen and oxygen atoms in total. The summed E-state index contributed by atoms with van der Waals surface area (Å²) in [6.45, 7) is 4.31. The number of benzene rings is 1. The highest BCUT2D eigenvalue weighted by molar-refractivity contribution is 6.32. The zero-order chi connectivity index (χ0) is 16.5. The lowest BCUT2D eigenvalue weighted by Gasteiger charge is -2.10. The van der Waals surface area contributed by atoms with Crippen LogP contribution in [0.25, 0.3) is 5.69 Å². The molecule has 0 bridgehead atoms. The van der Waals surface area contributed by atoms with Crippen LogP contribution < -0.4 is 10.9 Å². The van der Waals surface area contributed by atoms with Gasteiger partial charge in [-0.05, 0) is 25.0 Å². The Labute approximate surface area is 141 Å². The van der Waals surface area contributed by atoms with E-state index >= 15 is 0 Å². The lowest BCUT2D eigenvalue weighted by atomic mass is 10.3. The van der Waals surface area contributed by atoms with Crippen LogP contribution in [0, 0.1) is 0 Å². The maximum absolute atomic E-state index is 12.3. The summed E-state index contributed by atoms with van der Waals surface area (Å²) < 4.78 is 6.78. The second-order valence-corrected chi connectivity index (χ2v) is 5.55. The number of hydrogen-bond acceptors (Lipinski definition) is 4. The molecule has 1 heterocycles. The van der Waals surface area contributed by atoms with Gasteiger partial charge in [0.2, 0.25) is 0 Å². The minimum Gasteiger partial charge on any atom is -0.382 e. The number of aromatic nitrogens is 2. The van der Waals surface area contributed by atoms with Crippen molar-refractivity contribution < 1.29 is 4.74 Å². The van der Waals surface area contributed by atoms with Crippen molar-refractivity contribution in [3.63, 3.8) is 0 Å². The number of para-hydroxylation sites is 1. The molecule has 0 saturated carbocycles.